The van der Waals surface area contributed by atoms with Crippen molar-refractivity contribution in [3.8, 4) is 11.3 Å². The van der Waals surface area contributed by atoms with E-state index in [0.717, 1.165) is 16.9 Å². The Morgan fingerprint density at radius 2 is 1.94 bits per heavy atom. The Morgan fingerprint density at radius 3 is 2.53 bits per heavy atom. The minimum Gasteiger partial charge on any atom is -0.464 e. The zero-order valence-corrected chi connectivity index (χ0v) is 10.4. The molecule has 17 heavy (non-hydrogen) atoms. The van der Waals surface area contributed by atoms with Crippen LogP contribution in [0.4, 0.5) is 0 Å². The third-order valence-electron chi connectivity index (χ3n) is 2.48. The van der Waals surface area contributed by atoms with Crippen molar-refractivity contribution >= 4 is 11.6 Å². The first-order chi connectivity index (χ1) is 8.26. The molecule has 3 nitrogen and oxygen atoms in total. The Balaban J connectivity index is 2.42. The highest BCUT2D eigenvalue weighted by atomic mass is 35.5. The molecule has 0 saturated carbocycles. The molecule has 2 rings (SSSR count). The molecule has 0 fully saturated rings. The van der Waals surface area contributed by atoms with Gasteiger partial charge in [0.15, 0.2) is 6.29 Å². The van der Waals surface area contributed by atoms with Crippen molar-refractivity contribution in [3.05, 3.63) is 47.2 Å². The summed E-state index contributed by atoms with van der Waals surface area (Å²) in [5, 5.41) is 0.606. The van der Waals surface area contributed by atoms with Gasteiger partial charge in [0.25, 0.3) is 0 Å². The zero-order valence-electron chi connectivity index (χ0n) is 9.64. The number of halogens is 1. The van der Waals surface area contributed by atoms with Gasteiger partial charge in [-0.1, -0.05) is 11.6 Å². The van der Waals surface area contributed by atoms with Crippen molar-refractivity contribution in [3.63, 3.8) is 0 Å². The van der Waals surface area contributed by atoms with Crippen LogP contribution in [0.25, 0.3) is 11.3 Å². The van der Waals surface area contributed by atoms with E-state index in [9.17, 15) is 0 Å². The van der Waals surface area contributed by atoms with Gasteiger partial charge in [-0.2, -0.15) is 0 Å². The first-order valence-corrected chi connectivity index (χ1v) is 5.53. The topological polar surface area (TPSA) is 31.6 Å². The molecule has 0 N–H and O–H groups in total. The highest BCUT2D eigenvalue weighted by Crippen LogP contribution is 2.30. The third-order valence-corrected chi connectivity index (χ3v) is 2.83. The van der Waals surface area contributed by atoms with Gasteiger partial charge < -0.3 is 13.9 Å². The van der Waals surface area contributed by atoms with E-state index in [0.29, 0.717) is 5.02 Å². The second-order valence-electron chi connectivity index (χ2n) is 3.52. The van der Waals surface area contributed by atoms with Gasteiger partial charge in [0.1, 0.15) is 5.76 Å². The van der Waals surface area contributed by atoms with Crippen LogP contribution in [0.1, 0.15) is 11.9 Å². The van der Waals surface area contributed by atoms with Crippen LogP contribution in [0.2, 0.25) is 5.02 Å². The fraction of sp³-hybridized carbons (Fsp3) is 0.231. The van der Waals surface area contributed by atoms with Crippen molar-refractivity contribution in [2.24, 2.45) is 0 Å². The van der Waals surface area contributed by atoms with Gasteiger partial charge in [-0.15, -0.1) is 0 Å². The maximum absolute atomic E-state index is 6.12. The molecule has 0 spiro atoms. The smallest absolute Gasteiger partial charge is 0.184 e. The highest BCUT2D eigenvalue weighted by Gasteiger charge is 2.14. The van der Waals surface area contributed by atoms with Crippen molar-refractivity contribution in [2.75, 3.05) is 14.2 Å². The van der Waals surface area contributed by atoms with Gasteiger partial charge >= 0.3 is 0 Å². The van der Waals surface area contributed by atoms with Gasteiger partial charge in [0.2, 0.25) is 0 Å². The van der Waals surface area contributed by atoms with Crippen molar-refractivity contribution in [2.45, 2.75) is 6.29 Å². The molecule has 0 unspecified atom stereocenters. The maximum atomic E-state index is 6.12. The molecule has 0 amide bonds. The van der Waals surface area contributed by atoms with E-state index < -0.39 is 6.29 Å². The summed E-state index contributed by atoms with van der Waals surface area (Å²) >= 11 is 6.12. The number of ether oxygens (including phenoxy) is 2. The van der Waals surface area contributed by atoms with Crippen LogP contribution in [-0.4, -0.2) is 14.2 Å². The fourth-order valence-electron chi connectivity index (χ4n) is 1.67. The zero-order chi connectivity index (χ0) is 12.3. The predicted molar refractivity (Wildman–Crippen MR) is 65.9 cm³/mol. The van der Waals surface area contributed by atoms with Crippen LogP contribution < -0.4 is 0 Å². The minimum absolute atomic E-state index is 0.475. The van der Waals surface area contributed by atoms with E-state index in [1.807, 2.05) is 24.3 Å². The summed E-state index contributed by atoms with van der Waals surface area (Å²) < 4.78 is 15.7. The molecule has 1 aromatic heterocycles. The van der Waals surface area contributed by atoms with Crippen molar-refractivity contribution in [1.82, 2.24) is 0 Å². The normalized spacial score (nSPS) is 11.1. The van der Waals surface area contributed by atoms with Gasteiger partial charge in [-0.25, -0.2) is 0 Å². The summed E-state index contributed by atoms with van der Waals surface area (Å²) in [5.41, 5.74) is 1.72. The average molecular weight is 253 g/mol. The summed E-state index contributed by atoms with van der Waals surface area (Å²) in [5.74, 6) is 0.786. The van der Waals surface area contributed by atoms with Crippen LogP contribution in [0.15, 0.2) is 41.0 Å². The lowest BCUT2D eigenvalue weighted by atomic mass is 10.1. The molecule has 1 heterocycles. The maximum Gasteiger partial charge on any atom is 0.184 e. The van der Waals surface area contributed by atoms with Crippen molar-refractivity contribution in [1.29, 1.82) is 0 Å². The van der Waals surface area contributed by atoms with E-state index in [1.165, 1.54) is 0 Å². The Kier molecular flexibility index (Phi) is 3.84. The number of hydrogen-bond acceptors (Lipinski definition) is 3. The minimum atomic E-state index is -0.475. The van der Waals surface area contributed by atoms with Gasteiger partial charge in [-0.3, -0.25) is 0 Å². The van der Waals surface area contributed by atoms with Crippen LogP contribution in [0, 0.1) is 0 Å². The number of methoxy groups -OCH3 is 2. The first-order valence-electron chi connectivity index (χ1n) is 5.15. The lowest BCUT2D eigenvalue weighted by Gasteiger charge is -2.15. The number of rotatable bonds is 4. The average Bonchev–Trinajstić information content (AvgIpc) is 2.86. The second kappa shape index (κ2) is 5.36. The number of hydrogen-bond donors (Lipinski definition) is 0. The second-order valence-corrected chi connectivity index (χ2v) is 3.92. The number of furan rings is 1. The quantitative estimate of drug-likeness (QED) is 0.774. The summed E-state index contributed by atoms with van der Waals surface area (Å²) in [6.07, 6.45) is 1.16. The molecule has 0 aliphatic rings. The lowest BCUT2D eigenvalue weighted by Crippen LogP contribution is -2.04. The monoisotopic (exact) mass is 252 g/mol. The van der Waals surface area contributed by atoms with E-state index >= 15 is 0 Å². The Hall–Kier alpha value is -1.29. The van der Waals surface area contributed by atoms with E-state index in [2.05, 4.69) is 0 Å². The molecule has 2 aromatic rings. The summed E-state index contributed by atoms with van der Waals surface area (Å²) in [6.45, 7) is 0. The van der Waals surface area contributed by atoms with Crippen LogP contribution in [0.3, 0.4) is 0 Å². The number of benzene rings is 1. The molecule has 0 saturated heterocycles. The van der Waals surface area contributed by atoms with Gasteiger partial charge in [0.05, 0.1) is 6.26 Å². The molecule has 0 bridgehead atoms. The largest absolute Gasteiger partial charge is 0.464 e. The van der Waals surface area contributed by atoms with Gasteiger partial charge in [0, 0.05) is 30.4 Å². The van der Waals surface area contributed by atoms with E-state index in [1.54, 1.807) is 26.5 Å². The molecule has 0 atom stereocenters. The SMILES string of the molecule is COC(OC)c1cc(-c2ccco2)ccc1Cl. The van der Waals surface area contributed by atoms with E-state index in [-0.39, 0.29) is 0 Å². The molecule has 90 valence electrons. The van der Waals surface area contributed by atoms with Crippen LogP contribution in [-0.2, 0) is 9.47 Å². The molecule has 1 aromatic carbocycles. The molecule has 4 heteroatoms. The molecule has 0 aliphatic heterocycles. The van der Waals surface area contributed by atoms with Crippen LogP contribution in [0.5, 0.6) is 0 Å². The molecule has 0 aliphatic carbocycles. The Labute approximate surface area is 105 Å². The third kappa shape index (κ3) is 2.52. The highest BCUT2D eigenvalue weighted by molar-refractivity contribution is 6.31. The van der Waals surface area contributed by atoms with E-state index in [4.69, 9.17) is 25.5 Å². The lowest BCUT2D eigenvalue weighted by molar-refractivity contribution is -0.105. The molecular weight excluding hydrogens is 240 g/mol. The molecule has 0 radical (unpaired) electrons. The summed E-state index contributed by atoms with van der Waals surface area (Å²) in [7, 11) is 3.15. The van der Waals surface area contributed by atoms with Crippen LogP contribution >= 0.6 is 11.6 Å². The molecular formula is C13H13ClO3. The first kappa shape index (κ1) is 12.2. The van der Waals surface area contributed by atoms with Crippen molar-refractivity contribution < 1.29 is 13.9 Å². The summed E-state index contributed by atoms with van der Waals surface area (Å²) in [4.78, 5) is 0. The van der Waals surface area contributed by atoms with Gasteiger partial charge in [-0.05, 0) is 30.3 Å². The standard InChI is InChI=1S/C13H13ClO3/c1-15-13(16-2)10-8-9(5-6-11(10)14)12-4-3-7-17-12/h3-8,13H,1-2H3. The Bertz CT molecular complexity index is 475. The Morgan fingerprint density at radius 1 is 1.18 bits per heavy atom. The fourth-order valence-corrected chi connectivity index (χ4v) is 1.88. The summed E-state index contributed by atoms with van der Waals surface area (Å²) in [6, 6.07) is 9.33. The predicted octanol–water partition coefficient (Wildman–Crippen LogP) is 3.89.